The second-order valence-electron chi connectivity index (χ2n) is 4.83. The first kappa shape index (κ1) is 15.7. The van der Waals surface area contributed by atoms with E-state index >= 15 is 0 Å². The summed E-state index contributed by atoms with van der Waals surface area (Å²) in [6.07, 6.45) is 0. The fourth-order valence-electron chi connectivity index (χ4n) is 2.31. The van der Waals surface area contributed by atoms with Crippen LogP contribution in [0.15, 0.2) is 76.5 Å². The van der Waals surface area contributed by atoms with Gasteiger partial charge in [0.25, 0.3) is 10.0 Å². The molecule has 0 bridgehead atoms. The van der Waals surface area contributed by atoms with Gasteiger partial charge in [-0.1, -0.05) is 48.5 Å². The van der Waals surface area contributed by atoms with Gasteiger partial charge in [-0.3, -0.25) is 4.72 Å². The number of fused-ring (bicyclic) bond motifs is 1. The standard InChI is InChI=1S/C16H13NO4S2/c18-22(19)16-14-9-5-4-6-12(14)10-11-15(16)17-23(20,21)13-7-2-1-3-8-13/h1-11,17H,(H,18,19). The molecular weight excluding hydrogens is 334 g/mol. The normalized spacial score (nSPS) is 12.9. The monoisotopic (exact) mass is 347 g/mol. The molecule has 0 spiro atoms. The first-order valence-electron chi connectivity index (χ1n) is 6.69. The lowest BCUT2D eigenvalue weighted by atomic mass is 10.1. The van der Waals surface area contributed by atoms with Gasteiger partial charge in [0.1, 0.15) is 0 Å². The van der Waals surface area contributed by atoms with Gasteiger partial charge in [-0.2, -0.15) is 0 Å². The first-order valence-corrected chi connectivity index (χ1v) is 9.28. The maximum absolute atomic E-state index is 12.4. The molecule has 3 aromatic carbocycles. The highest BCUT2D eigenvalue weighted by atomic mass is 32.2. The van der Waals surface area contributed by atoms with Crippen molar-refractivity contribution < 1.29 is 17.2 Å². The van der Waals surface area contributed by atoms with Crippen molar-refractivity contribution >= 4 is 37.6 Å². The number of anilines is 1. The van der Waals surface area contributed by atoms with Crippen molar-refractivity contribution in [3.8, 4) is 0 Å². The van der Waals surface area contributed by atoms with Crippen LogP contribution in [0.25, 0.3) is 10.8 Å². The summed E-state index contributed by atoms with van der Waals surface area (Å²) in [7, 11) is -3.83. The molecule has 0 radical (unpaired) electrons. The Bertz CT molecular complexity index is 985. The van der Waals surface area contributed by atoms with Gasteiger partial charge in [-0.15, -0.1) is 0 Å². The molecule has 7 heteroatoms. The lowest BCUT2D eigenvalue weighted by Gasteiger charge is -2.13. The Morgan fingerprint density at radius 1 is 0.870 bits per heavy atom. The van der Waals surface area contributed by atoms with Crippen LogP contribution in [-0.2, 0) is 21.1 Å². The fourth-order valence-corrected chi connectivity index (χ4v) is 4.15. The maximum Gasteiger partial charge on any atom is 0.261 e. The zero-order valence-corrected chi connectivity index (χ0v) is 13.5. The van der Waals surface area contributed by atoms with E-state index in [1.54, 1.807) is 48.5 Å². The average molecular weight is 347 g/mol. The van der Waals surface area contributed by atoms with Crippen LogP contribution in [0, 0.1) is 0 Å². The highest BCUT2D eigenvalue weighted by Gasteiger charge is 2.19. The van der Waals surface area contributed by atoms with Crippen LogP contribution in [0.3, 0.4) is 0 Å². The quantitative estimate of drug-likeness (QED) is 0.710. The van der Waals surface area contributed by atoms with E-state index in [1.165, 1.54) is 18.2 Å². The summed E-state index contributed by atoms with van der Waals surface area (Å²) in [5.74, 6) is 0. The summed E-state index contributed by atoms with van der Waals surface area (Å²) < 4.78 is 48.6. The summed E-state index contributed by atoms with van der Waals surface area (Å²) in [6.45, 7) is 0. The number of rotatable bonds is 4. The molecule has 3 aromatic rings. The number of hydrogen-bond acceptors (Lipinski definition) is 3. The minimum Gasteiger partial charge on any atom is -0.302 e. The van der Waals surface area contributed by atoms with Crippen molar-refractivity contribution in [3.63, 3.8) is 0 Å². The van der Waals surface area contributed by atoms with E-state index < -0.39 is 21.1 Å². The minimum atomic E-state index is -3.83. The second kappa shape index (κ2) is 6.11. The molecule has 0 aliphatic carbocycles. The molecule has 2 N–H and O–H groups in total. The summed E-state index contributed by atoms with van der Waals surface area (Å²) in [5, 5.41) is 1.29. The van der Waals surface area contributed by atoms with Crippen LogP contribution in [0.4, 0.5) is 5.69 Å². The molecule has 0 saturated carbocycles. The highest BCUT2D eigenvalue weighted by Crippen LogP contribution is 2.30. The number of benzene rings is 3. The average Bonchev–Trinajstić information content (AvgIpc) is 2.55. The first-order chi connectivity index (χ1) is 11.0. The van der Waals surface area contributed by atoms with E-state index in [1.807, 2.05) is 0 Å². The summed E-state index contributed by atoms with van der Waals surface area (Å²) >= 11 is -2.33. The van der Waals surface area contributed by atoms with Crippen LogP contribution in [0.5, 0.6) is 0 Å². The van der Waals surface area contributed by atoms with Crippen molar-refractivity contribution in [2.24, 2.45) is 0 Å². The molecule has 118 valence electrons. The molecular formula is C16H13NO4S2. The zero-order chi connectivity index (χ0) is 16.4. The van der Waals surface area contributed by atoms with Crippen molar-refractivity contribution in [3.05, 3.63) is 66.7 Å². The summed E-state index contributed by atoms with van der Waals surface area (Å²) in [6, 6.07) is 18.1. The highest BCUT2D eigenvalue weighted by molar-refractivity contribution is 7.92. The third-order valence-electron chi connectivity index (χ3n) is 3.35. The van der Waals surface area contributed by atoms with Gasteiger partial charge < -0.3 is 4.55 Å². The molecule has 0 aliphatic rings. The molecule has 0 fully saturated rings. The molecule has 3 rings (SSSR count). The SMILES string of the molecule is O=S(O)c1c(NS(=O)(=O)c2ccccc2)ccc2ccccc12. The van der Waals surface area contributed by atoms with Gasteiger partial charge in [0.2, 0.25) is 0 Å². The number of sulfonamides is 1. The zero-order valence-electron chi connectivity index (χ0n) is 11.8. The topological polar surface area (TPSA) is 83.5 Å². The lowest BCUT2D eigenvalue weighted by molar-refractivity contribution is 0.565. The van der Waals surface area contributed by atoms with Crippen LogP contribution >= 0.6 is 0 Å². The smallest absolute Gasteiger partial charge is 0.261 e. The Morgan fingerprint density at radius 2 is 1.52 bits per heavy atom. The molecule has 0 heterocycles. The number of hydrogen-bond donors (Lipinski definition) is 2. The van der Waals surface area contributed by atoms with E-state index in [2.05, 4.69) is 4.72 Å². The molecule has 0 saturated heterocycles. The van der Waals surface area contributed by atoms with Crippen LogP contribution in [0.2, 0.25) is 0 Å². The van der Waals surface area contributed by atoms with Crippen LogP contribution in [-0.4, -0.2) is 17.2 Å². The predicted octanol–water partition coefficient (Wildman–Crippen LogP) is 3.22. The van der Waals surface area contributed by atoms with Crippen molar-refractivity contribution in [1.29, 1.82) is 0 Å². The van der Waals surface area contributed by atoms with E-state index in [9.17, 15) is 17.2 Å². The molecule has 0 amide bonds. The van der Waals surface area contributed by atoms with Gasteiger partial charge >= 0.3 is 0 Å². The van der Waals surface area contributed by atoms with Gasteiger partial charge in [-0.05, 0) is 23.6 Å². The minimum absolute atomic E-state index is 0.0441. The number of nitrogens with one attached hydrogen (secondary N) is 1. The van der Waals surface area contributed by atoms with E-state index in [4.69, 9.17) is 0 Å². The van der Waals surface area contributed by atoms with Gasteiger partial charge in [-0.25, -0.2) is 12.6 Å². The van der Waals surface area contributed by atoms with Gasteiger partial charge in [0, 0.05) is 5.39 Å². The Labute approximate surface area is 136 Å². The predicted molar refractivity (Wildman–Crippen MR) is 90.2 cm³/mol. The Morgan fingerprint density at radius 3 is 2.22 bits per heavy atom. The third kappa shape index (κ3) is 3.12. The van der Waals surface area contributed by atoms with Crippen LogP contribution < -0.4 is 4.72 Å². The molecule has 23 heavy (non-hydrogen) atoms. The second-order valence-corrected chi connectivity index (χ2v) is 7.42. The largest absolute Gasteiger partial charge is 0.302 e. The third-order valence-corrected chi connectivity index (χ3v) is 5.52. The lowest BCUT2D eigenvalue weighted by Crippen LogP contribution is -2.14. The van der Waals surface area contributed by atoms with E-state index in [0.29, 0.717) is 5.39 Å². The van der Waals surface area contributed by atoms with Crippen molar-refractivity contribution in [2.75, 3.05) is 4.72 Å². The van der Waals surface area contributed by atoms with E-state index in [0.717, 1.165) is 5.39 Å². The fraction of sp³-hybridized carbons (Fsp3) is 0. The van der Waals surface area contributed by atoms with E-state index in [-0.39, 0.29) is 15.5 Å². The molecule has 0 aliphatic heterocycles. The molecule has 1 atom stereocenters. The van der Waals surface area contributed by atoms with Gasteiger partial charge in [0.05, 0.1) is 15.5 Å². The molecule has 1 unspecified atom stereocenters. The van der Waals surface area contributed by atoms with Crippen molar-refractivity contribution in [2.45, 2.75) is 9.79 Å². The van der Waals surface area contributed by atoms with Crippen LogP contribution in [0.1, 0.15) is 0 Å². The maximum atomic E-state index is 12.4. The van der Waals surface area contributed by atoms with Gasteiger partial charge in [0.15, 0.2) is 11.1 Å². The Balaban J connectivity index is 2.14. The Kier molecular flexibility index (Phi) is 4.16. The van der Waals surface area contributed by atoms with Crippen molar-refractivity contribution in [1.82, 2.24) is 0 Å². The summed E-state index contributed by atoms with van der Waals surface area (Å²) in [5.41, 5.74) is 0.0911. The molecule has 5 nitrogen and oxygen atoms in total. The Hall–Kier alpha value is -2.22. The summed E-state index contributed by atoms with van der Waals surface area (Å²) in [4.78, 5) is 0.130. The molecule has 0 aromatic heterocycles.